The van der Waals surface area contributed by atoms with Gasteiger partial charge >= 0.3 is 0 Å². The average molecular weight is 326 g/mol. The summed E-state index contributed by atoms with van der Waals surface area (Å²) in [4.78, 5) is 8.74. The monoisotopic (exact) mass is 326 g/mol. The zero-order chi connectivity index (χ0) is 17.2. The summed E-state index contributed by atoms with van der Waals surface area (Å²) in [6.07, 6.45) is 5.27. The predicted molar refractivity (Wildman–Crippen MR) is 96.3 cm³/mol. The Balaban J connectivity index is 1.69. The highest BCUT2D eigenvalue weighted by Crippen LogP contribution is 2.27. The van der Waals surface area contributed by atoms with Crippen LogP contribution in [0.5, 0.6) is 0 Å². The van der Waals surface area contributed by atoms with E-state index in [1.54, 1.807) is 30.7 Å². The molecule has 3 aromatic heterocycles. The number of hydrogen-bond donors (Lipinski definition) is 2. The van der Waals surface area contributed by atoms with Crippen molar-refractivity contribution < 1.29 is 0 Å². The van der Waals surface area contributed by atoms with E-state index >= 15 is 0 Å². The summed E-state index contributed by atoms with van der Waals surface area (Å²) in [6.45, 7) is 1.97. The molecule has 0 aliphatic carbocycles. The number of H-pyrrole nitrogens is 1. The van der Waals surface area contributed by atoms with Crippen LogP contribution in [0.1, 0.15) is 11.3 Å². The van der Waals surface area contributed by atoms with E-state index in [-0.39, 0.29) is 0 Å². The van der Waals surface area contributed by atoms with Crippen molar-refractivity contribution in [3.63, 3.8) is 0 Å². The highest BCUT2D eigenvalue weighted by molar-refractivity contribution is 5.92. The molecule has 0 unspecified atom stereocenters. The van der Waals surface area contributed by atoms with E-state index in [0.29, 0.717) is 5.56 Å². The molecule has 0 radical (unpaired) electrons. The fourth-order valence-corrected chi connectivity index (χ4v) is 2.75. The molecule has 3 heterocycles. The van der Waals surface area contributed by atoms with Crippen LogP contribution in [-0.4, -0.2) is 20.2 Å². The number of aromatic amines is 1. The Labute approximate surface area is 144 Å². The van der Waals surface area contributed by atoms with Crippen molar-refractivity contribution in [2.24, 2.45) is 0 Å². The number of fused-ring (bicyclic) bond motifs is 1. The number of nitriles is 1. The summed E-state index contributed by atoms with van der Waals surface area (Å²) in [7, 11) is 0. The second kappa shape index (κ2) is 6.06. The first-order valence-corrected chi connectivity index (χ1v) is 7.77. The molecule has 0 aliphatic heterocycles. The Hall–Kier alpha value is -3.72. The Morgan fingerprint density at radius 2 is 1.92 bits per heavy atom. The molecule has 0 spiro atoms. The minimum Gasteiger partial charge on any atom is -0.338 e. The highest BCUT2D eigenvalue weighted by atomic mass is 15.1. The van der Waals surface area contributed by atoms with E-state index in [0.717, 1.165) is 39.2 Å². The molecule has 0 fully saturated rings. The number of aryl methyl sites for hydroxylation is 1. The molecular formula is C19H14N6. The van der Waals surface area contributed by atoms with E-state index in [1.165, 1.54) is 0 Å². The van der Waals surface area contributed by atoms with Crippen LogP contribution in [0.4, 0.5) is 11.5 Å². The number of benzene rings is 1. The van der Waals surface area contributed by atoms with Crippen LogP contribution in [0.2, 0.25) is 0 Å². The summed E-state index contributed by atoms with van der Waals surface area (Å²) >= 11 is 0. The van der Waals surface area contributed by atoms with Gasteiger partial charge in [0, 0.05) is 23.7 Å². The summed E-state index contributed by atoms with van der Waals surface area (Å²) in [5.74, 6) is 0.738. The SMILES string of the molecule is Cc1[nH]nc2ccnc(Nc3cncc(-c4ccc(C#N)cc4)c3)c12. The van der Waals surface area contributed by atoms with Crippen molar-refractivity contribution in [3.05, 3.63) is 66.2 Å². The topological polar surface area (TPSA) is 90.3 Å². The first-order valence-electron chi connectivity index (χ1n) is 7.77. The standard InChI is InChI=1S/C19H14N6/c1-12-18-17(25-24-12)6-7-22-19(18)23-16-8-15(10-21-11-16)14-4-2-13(9-20)3-5-14/h2-8,10-11H,1H3,(H,22,23)(H,24,25). The highest BCUT2D eigenvalue weighted by Gasteiger charge is 2.09. The van der Waals surface area contributed by atoms with Gasteiger partial charge in [-0.05, 0) is 36.8 Å². The van der Waals surface area contributed by atoms with Gasteiger partial charge in [-0.1, -0.05) is 12.1 Å². The van der Waals surface area contributed by atoms with Crippen LogP contribution in [0, 0.1) is 18.3 Å². The Bertz CT molecular complexity index is 1090. The molecule has 120 valence electrons. The molecule has 0 bridgehead atoms. The van der Waals surface area contributed by atoms with Crippen molar-refractivity contribution >= 4 is 22.4 Å². The first kappa shape index (κ1) is 14.8. The van der Waals surface area contributed by atoms with Crippen LogP contribution in [0.3, 0.4) is 0 Å². The molecule has 0 amide bonds. The second-order valence-electron chi connectivity index (χ2n) is 5.68. The summed E-state index contributed by atoms with van der Waals surface area (Å²) < 4.78 is 0. The molecule has 4 aromatic rings. The third-order valence-electron chi connectivity index (χ3n) is 4.00. The quantitative estimate of drug-likeness (QED) is 0.595. The molecule has 6 nitrogen and oxygen atoms in total. The van der Waals surface area contributed by atoms with Crippen LogP contribution in [0.25, 0.3) is 22.0 Å². The van der Waals surface area contributed by atoms with E-state index < -0.39 is 0 Å². The third kappa shape index (κ3) is 2.79. The number of pyridine rings is 2. The molecule has 1 aromatic carbocycles. The molecule has 2 N–H and O–H groups in total. The molecule has 0 aliphatic rings. The predicted octanol–water partition coefficient (Wildman–Crippen LogP) is 3.94. The number of anilines is 2. The molecule has 0 saturated carbocycles. The number of nitrogens with one attached hydrogen (secondary N) is 2. The largest absolute Gasteiger partial charge is 0.338 e. The third-order valence-corrected chi connectivity index (χ3v) is 4.00. The number of rotatable bonds is 3. The van der Waals surface area contributed by atoms with Gasteiger partial charge in [-0.3, -0.25) is 10.1 Å². The van der Waals surface area contributed by atoms with Crippen molar-refractivity contribution in [2.75, 3.05) is 5.32 Å². The number of aromatic nitrogens is 4. The molecule has 6 heteroatoms. The van der Waals surface area contributed by atoms with Gasteiger partial charge in [0.2, 0.25) is 0 Å². The fourth-order valence-electron chi connectivity index (χ4n) is 2.75. The van der Waals surface area contributed by atoms with Gasteiger partial charge in [-0.2, -0.15) is 10.4 Å². The first-order chi connectivity index (χ1) is 12.2. The maximum absolute atomic E-state index is 8.91. The lowest BCUT2D eigenvalue weighted by Crippen LogP contribution is -1.95. The summed E-state index contributed by atoms with van der Waals surface area (Å²) in [5.41, 5.74) is 5.26. The number of hydrogen-bond acceptors (Lipinski definition) is 5. The maximum atomic E-state index is 8.91. The van der Waals surface area contributed by atoms with E-state index in [2.05, 4.69) is 31.6 Å². The lowest BCUT2D eigenvalue weighted by molar-refractivity contribution is 1.07. The van der Waals surface area contributed by atoms with Crippen LogP contribution in [-0.2, 0) is 0 Å². The molecule has 0 atom stereocenters. The zero-order valence-corrected chi connectivity index (χ0v) is 13.5. The Kier molecular flexibility index (Phi) is 3.60. The maximum Gasteiger partial charge on any atom is 0.141 e. The van der Waals surface area contributed by atoms with Gasteiger partial charge in [0.25, 0.3) is 0 Å². The van der Waals surface area contributed by atoms with Gasteiger partial charge in [0.1, 0.15) is 5.82 Å². The van der Waals surface area contributed by atoms with E-state index in [9.17, 15) is 0 Å². The van der Waals surface area contributed by atoms with Crippen LogP contribution < -0.4 is 5.32 Å². The molecule has 4 rings (SSSR count). The van der Waals surface area contributed by atoms with Gasteiger partial charge in [0.15, 0.2) is 0 Å². The zero-order valence-electron chi connectivity index (χ0n) is 13.5. The van der Waals surface area contributed by atoms with Gasteiger partial charge in [-0.25, -0.2) is 4.98 Å². The molecule has 0 saturated heterocycles. The summed E-state index contributed by atoms with van der Waals surface area (Å²) in [5, 5.41) is 20.4. The Morgan fingerprint density at radius 3 is 2.72 bits per heavy atom. The smallest absolute Gasteiger partial charge is 0.141 e. The second-order valence-corrected chi connectivity index (χ2v) is 5.68. The Morgan fingerprint density at radius 1 is 1.08 bits per heavy atom. The normalized spacial score (nSPS) is 10.6. The van der Waals surface area contributed by atoms with Gasteiger partial charge in [-0.15, -0.1) is 0 Å². The number of nitrogens with zero attached hydrogens (tertiary/aromatic N) is 4. The van der Waals surface area contributed by atoms with Crippen molar-refractivity contribution in [2.45, 2.75) is 6.92 Å². The van der Waals surface area contributed by atoms with Crippen molar-refractivity contribution in [3.8, 4) is 17.2 Å². The van der Waals surface area contributed by atoms with Crippen LogP contribution >= 0.6 is 0 Å². The van der Waals surface area contributed by atoms with Crippen molar-refractivity contribution in [1.29, 1.82) is 5.26 Å². The van der Waals surface area contributed by atoms with E-state index in [1.807, 2.05) is 31.2 Å². The van der Waals surface area contributed by atoms with E-state index in [4.69, 9.17) is 5.26 Å². The molecular weight excluding hydrogens is 312 g/mol. The lowest BCUT2D eigenvalue weighted by atomic mass is 10.1. The van der Waals surface area contributed by atoms with Gasteiger partial charge in [0.05, 0.1) is 34.4 Å². The minimum absolute atomic E-state index is 0.636. The molecule has 25 heavy (non-hydrogen) atoms. The van der Waals surface area contributed by atoms with Crippen molar-refractivity contribution in [1.82, 2.24) is 20.2 Å². The minimum atomic E-state index is 0.636. The fraction of sp³-hybridized carbons (Fsp3) is 0.0526. The van der Waals surface area contributed by atoms with Gasteiger partial charge < -0.3 is 5.32 Å². The average Bonchev–Trinajstić information content (AvgIpc) is 3.04. The summed E-state index contributed by atoms with van der Waals surface area (Å²) in [6, 6.07) is 13.4. The lowest BCUT2D eigenvalue weighted by Gasteiger charge is -2.09. The van der Waals surface area contributed by atoms with Crippen LogP contribution in [0.15, 0.2) is 55.0 Å².